The molecule has 246 valence electrons. The van der Waals surface area contributed by atoms with E-state index in [2.05, 4.69) is 28.3 Å². The second-order valence-electron chi connectivity index (χ2n) is 9.82. The van der Waals surface area contributed by atoms with E-state index in [9.17, 15) is 48.9 Å². The van der Waals surface area contributed by atoms with E-state index in [1.54, 1.807) is 0 Å². The fraction of sp³-hybridized carbons (Fsp3) is 0.476. The number of rotatable bonds is 11. The summed E-state index contributed by atoms with van der Waals surface area (Å²) >= 11 is 0. The average molecular weight is 679 g/mol. The van der Waals surface area contributed by atoms with Gasteiger partial charge in [-0.1, -0.05) is 0 Å². The van der Waals surface area contributed by atoms with Gasteiger partial charge in [-0.15, -0.1) is 0 Å². The van der Waals surface area contributed by atoms with E-state index in [0.29, 0.717) is 0 Å². The Balaban J connectivity index is 1.16. The van der Waals surface area contributed by atoms with Crippen LogP contribution in [0, 0.1) is 0 Å². The maximum atomic E-state index is 12.4. The van der Waals surface area contributed by atoms with Crippen LogP contribution in [-0.4, -0.2) is 110 Å². The third-order valence-electron chi connectivity index (χ3n) is 6.85. The van der Waals surface area contributed by atoms with Gasteiger partial charge in [0.15, 0.2) is 29.3 Å². The Morgan fingerprint density at radius 3 is 2.11 bits per heavy atom. The molecule has 5 rings (SSSR count). The maximum absolute atomic E-state index is 12.4. The van der Waals surface area contributed by atoms with Gasteiger partial charge in [0, 0.05) is 18.5 Å². The van der Waals surface area contributed by atoms with Crippen LogP contribution in [0.5, 0.6) is 0 Å². The fourth-order valence-corrected chi connectivity index (χ4v) is 6.71. The number of pyridine rings is 1. The summed E-state index contributed by atoms with van der Waals surface area (Å²) in [6.07, 6.45) is -7.90. The van der Waals surface area contributed by atoms with E-state index in [1.807, 2.05) is 0 Å². The molecule has 1 amide bonds. The van der Waals surface area contributed by atoms with Crippen LogP contribution in [0.25, 0.3) is 11.2 Å². The molecule has 0 radical (unpaired) electrons. The quantitative estimate of drug-likeness (QED) is 0.0928. The number of phosphoric acid groups is 2. The smallest absolute Gasteiger partial charge is 0.387 e. The van der Waals surface area contributed by atoms with Crippen LogP contribution >= 0.6 is 15.6 Å². The molecular formula is C21H27N7O15P2. The van der Waals surface area contributed by atoms with Gasteiger partial charge in [-0.3, -0.25) is 23.2 Å². The number of fused-ring (bicyclic) bond motifs is 1. The predicted molar refractivity (Wildman–Crippen MR) is 143 cm³/mol. The van der Waals surface area contributed by atoms with Crippen molar-refractivity contribution in [2.75, 3.05) is 18.9 Å². The molecule has 45 heavy (non-hydrogen) atoms. The molecule has 2 saturated heterocycles. The van der Waals surface area contributed by atoms with Gasteiger partial charge in [-0.25, -0.2) is 24.1 Å². The number of carbonyl (C=O) groups is 1. The summed E-state index contributed by atoms with van der Waals surface area (Å²) in [6, 6.07) is 0.961. The first-order valence-electron chi connectivity index (χ1n) is 12.7. The summed E-state index contributed by atoms with van der Waals surface area (Å²) in [5.41, 5.74) is 10.1. The largest absolute Gasteiger partial charge is 0.481 e. The van der Waals surface area contributed by atoms with Crippen molar-refractivity contribution in [3.8, 4) is 0 Å². The molecule has 3 aromatic heterocycles. The first kappa shape index (κ1) is 33.2. The van der Waals surface area contributed by atoms with Crippen molar-refractivity contribution < 1.29 is 67.0 Å². The van der Waals surface area contributed by atoms with Gasteiger partial charge < -0.3 is 55.7 Å². The first-order valence-corrected chi connectivity index (χ1v) is 15.7. The Morgan fingerprint density at radius 2 is 1.51 bits per heavy atom. The lowest BCUT2D eigenvalue weighted by Gasteiger charge is -2.20. The van der Waals surface area contributed by atoms with Gasteiger partial charge in [0.2, 0.25) is 0 Å². The number of anilines is 1. The van der Waals surface area contributed by atoms with Gasteiger partial charge in [-0.2, -0.15) is 4.31 Å². The van der Waals surface area contributed by atoms with Crippen molar-refractivity contribution in [1.29, 1.82) is 0 Å². The number of nitrogens with zero attached hydrogens (tertiary/aromatic N) is 5. The third kappa shape index (κ3) is 6.83. The lowest BCUT2D eigenvalue weighted by Crippen LogP contribution is -2.34. The Morgan fingerprint density at radius 1 is 0.933 bits per heavy atom. The van der Waals surface area contributed by atoms with Crippen LogP contribution in [0.1, 0.15) is 22.8 Å². The van der Waals surface area contributed by atoms with Crippen molar-refractivity contribution in [2.24, 2.45) is 5.73 Å². The highest BCUT2D eigenvalue weighted by Gasteiger charge is 2.48. The summed E-state index contributed by atoms with van der Waals surface area (Å²) in [7, 11) is -10.8. The van der Waals surface area contributed by atoms with Crippen molar-refractivity contribution in [3.05, 3.63) is 46.9 Å². The number of aliphatic hydroxyl groups excluding tert-OH is 4. The SMILES string of the molecule is NC(=O)c1cn(C2OC(COP(=O)(O)OP(=O)(O)OCC3OC(n4cnc5c(N)ncnc54)C(O)C3O)C(O)C2O)ccc1=O. The summed E-state index contributed by atoms with van der Waals surface area (Å²) in [5.74, 6) is -1.02. The zero-order chi connectivity index (χ0) is 32.8. The summed E-state index contributed by atoms with van der Waals surface area (Å²) in [6.45, 7) is -1.88. The van der Waals surface area contributed by atoms with E-state index in [-0.39, 0.29) is 17.0 Å². The molecule has 10 atom stereocenters. The average Bonchev–Trinajstić information content (AvgIpc) is 3.61. The fourth-order valence-electron chi connectivity index (χ4n) is 4.62. The number of ether oxygens (including phenoxy) is 2. The van der Waals surface area contributed by atoms with Crippen LogP contribution in [0.4, 0.5) is 5.82 Å². The van der Waals surface area contributed by atoms with E-state index >= 15 is 0 Å². The van der Waals surface area contributed by atoms with Crippen molar-refractivity contribution >= 4 is 38.5 Å². The molecule has 24 heteroatoms. The first-order chi connectivity index (χ1) is 21.1. The monoisotopic (exact) mass is 679 g/mol. The van der Waals surface area contributed by atoms with Gasteiger partial charge >= 0.3 is 15.6 Å². The van der Waals surface area contributed by atoms with E-state index in [0.717, 1.165) is 29.4 Å². The molecule has 22 nitrogen and oxygen atoms in total. The van der Waals surface area contributed by atoms with E-state index in [1.165, 1.54) is 10.9 Å². The molecule has 2 aliphatic heterocycles. The van der Waals surface area contributed by atoms with Crippen LogP contribution in [0.3, 0.4) is 0 Å². The van der Waals surface area contributed by atoms with Crippen LogP contribution in [0.2, 0.25) is 0 Å². The van der Waals surface area contributed by atoms with Crippen molar-refractivity contribution in [1.82, 2.24) is 24.1 Å². The molecule has 0 aromatic carbocycles. The molecule has 3 aromatic rings. The molecule has 0 aliphatic carbocycles. The number of nitrogens with two attached hydrogens (primary N) is 2. The number of carbonyl (C=O) groups excluding carboxylic acids is 1. The Labute approximate surface area is 250 Å². The second kappa shape index (κ2) is 12.5. The highest BCUT2D eigenvalue weighted by molar-refractivity contribution is 7.61. The molecule has 0 saturated carbocycles. The number of aromatic nitrogens is 5. The minimum absolute atomic E-state index is 0.0403. The standard InChI is InChI=1S/C21H27N7O15P2/c22-17-12-19(25-6-24-17)28(7-26-12)21-16(33)14(31)11(42-21)5-40-45(37,38)43-44(35,36)39-4-10-13(30)15(32)20(41-10)27-2-1-9(29)8(3-27)18(23)34/h1-3,6-7,10-11,13-16,20-21,30-33H,4-5H2,(H2,23,34)(H,35,36)(H,37,38)(H2,22,24,25). The molecule has 0 spiro atoms. The normalized spacial score (nSPS) is 31.2. The number of hydrogen-bond donors (Lipinski definition) is 8. The zero-order valence-corrected chi connectivity index (χ0v) is 24.4. The van der Waals surface area contributed by atoms with E-state index < -0.39 is 94.8 Å². The summed E-state index contributed by atoms with van der Waals surface area (Å²) < 4.78 is 51.7. The number of hydrogen-bond acceptors (Lipinski definition) is 17. The number of aliphatic hydroxyl groups is 4. The molecule has 0 bridgehead atoms. The maximum Gasteiger partial charge on any atom is 0.481 e. The molecule has 2 fully saturated rings. The number of nitrogen functional groups attached to an aromatic ring is 1. The Hall–Kier alpha value is -3.21. The van der Waals surface area contributed by atoms with Crippen LogP contribution < -0.4 is 16.9 Å². The number of phosphoric ester groups is 2. The van der Waals surface area contributed by atoms with Gasteiger partial charge in [-0.05, 0) is 0 Å². The zero-order valence-electron chi connectivity index (χ0n) is 22.6. The molecule has 2 aliphatic rings. The minimum atomic E-state index is -5.42. The lowest BCUT2D eigenvalue weighted by molar-refractivity contribution is -0.0541. The highest BCUT2D eigenvalue weighted by Crippen LogP contribution is 2.60. The molecule has 5 heterocycles. The van der Waals surface area contributed by atoms with Gasteiger partial charge in [0.05, 0.1) is 19.5 Å². The number of primary amides is 1. The summed E-state index contributed by atoms with van der Waals surface area (Å²) in [5, 5.41) is 41.6. The Bertz CT molecular complexity index is 1740. The van der Waals surface area contributed by atoms with Gasteiger partial charge in [0.25, 0.3) is 5.91 Å². The van der Waals surface area contributed by atoms with E-state index in [4.69, 9.17) is 20.9 Å². The topological polar surface area (TPSA) is 336 Å². The lowest BCUT2D eigenvalue weighted by atomic mass is 10.1. The molecular weight excluding hydrogens is 652 g/mol. The molecule has 10 unspecified atom stereocenters. The second-order valence-corrected chi connectivity index (χ2v) is 12.9. The van der Waals surface area contributed by atoms with Gasteiger partial charge in [0.1, 0.15) is 54.0 Å². The predicted octanol–water partition coefficient (Wildman–Crippen LogP) is -3.14. The number of amides is 1. The van der Waals surface area contributed by atoms with Crippen LogP contribution in [0.15, 0.2) is 35.9 Å². The third-order valence-corrected chi connectivity index (χ3v) is 9.45. The van der Waals surface area contributed by atoms with Crippen molar-refractivity contribution in [3.63, 3.8) is 0 Å². The highest BCUT2D eigenvalue weighted by atomic mass is 31.3. The number of imidazole rings is 1. The van der Waals surface area contributed by atoms with Crippen molar-refractivity contribution in [2.45, 2.75) is 49.1 Å². The summed E-state index contributed by atoms with van der Waals surface area (Å²) in [4.78, 5) is 55.1. The molecule has 10 N–H and O–H groups in total. The van der Waals surface area contributed by atoms with Crippen LogP contribution in [-0.2, 0) is 32.0 Å². The Kier molecular flexibility index (Phi) is 9.23. The minimum Gasteiger partial charge on any atom is -0.387 e.